The van der Waals surface area contributed by atoms with Gasteiger partial charge in [0.05, 0.1) is 12.7 Å². The van der Waals surface area contributed by atoms with Crippen molar-refractivity contribution >= 4 is 5.97 Å². The average molecular weight is 210 g/mol. The number of carbonyl (C=O) groups is 1. The van der Waals surface area contributed by atoms with E-state index in [1.54, 1.807) is 12.1 Å². The van der Waals surface area contributed by atoms with Gasteiger partial charge in [-0.05, 0) is 17.7 Å². The Morgan fingerprint density at radius 2 is 2.27 bits per heavy atom. The summed E-state index contributed by atoms with van der Waals surface area (Å²) in [5.41, 5.74) is 11.7. The van der Waals surface area contributed by atoms with Crippen LogP contribution in [0, 0.1) is 0 Å². The van der Waals surface area contributed by atoms with Crippen LogP contribution in [0.25, 0.3) is 0 Å². The number of benzene rings is 1. The van der Waals surface area contributed by atoms with Gasteiger partial charge in [0.1, 0.15) is 5.75 Å². The predicted octanol–water partition coefficient (Wildman–Crippen LogP) is 0.352. The van der Waals surface area contributed by atoms with Crippen LogP contribution < -0.4 is 16.2 Å². The van der Waals surface area contributed by atoms with Gasteiger partial charge in [0, 0.05) is 12.6 Å². The van der Waals surface area contributed by atoms with Gasteiger partial charge in [-0.15, -0.1) is 0 Å². The largest absolute Gasteiger partial charge is 0.497 e. The lowest BCUT2D eigenvalue weighted by Crippen LogP contribution is -2.23. The van der Waals surface area contributed by atoms with Crippen molar-refractivity contribution in [2.75, 3.05) is 13.7 Å². The average Bonchev–Trinajstić information content (AvgIpc) is 2.27. The zero-order valence-electron chi connectivity index (χ0n) is 8.43. The van der Waals surface area contributed by atoms with Crippen LogP contribution in [0.1, 0.15) is 22.0 Å². The van der Waals surface area contributed by atoms with Crippen LogP contribution in [0.2, 0.25) is 0 Å². The number of hydrogen-bond donors (Lipinski definition) is 3. The van der Waals surface area contributed by atoms with Crippen LogP contribution in [-0.2, 0) is 0 Å². The minimum Gasteiger partial charge on any atom is -0.497 e. The molecule has 0 aliphatic carbocycles. The Balaban J connectivity index is 3.21. The maximum Gasteiger partial charge on any atom is 0.336 e. The second-order valence-corrected chi connectivity index (χ2v) is 3.10. The Morgan fingerprint density at radius 3 is 2.73 bits per heavy atom. The molecule has 0 radical (unpaired) electrons. The highest BCUT2D eigenvalue weighted by molar-refractivity contribution is 5.90. The fraction of sp³-hybridized carbons (Fsp3) is 0.300. The normalized spacial score (nSPS) is 12.2. The molecule has 1 aromatic rings. The van der Waals surface area contributed by atoms with Gasteiger partial charge in [-0.2, -0.15) is 0 Å². The Morgan fingerprint density at radius 1 is 1.60 bits per heavy atom. The van der Waals surface area contributed by atoms with Crippen LogP contribution >= 0.6 is 0 Å². The van der Waals surface area contributed by atoms with Gasteiger partial charge in [0.2, 0.25) is 0 Å². The highest BCUT2D eigenvalue weighted by Crippen LogP contribution is 2.21. The van der Waals surface area contributed by atoms with Gasteiger partial charge in [-0.25, -0.2) is 4.79 Å². The third kappa shape index (κ3) is 2.45. The standard InChI is InChI=1S/C10H14N2O3/c1-15-6-2-3-7(9(12)5-11)8(4-6)10(13)14/h2-4,9H,5,11-12H2,1H3,(H,13,14)/t9-/m0/s1. The topological polar surface area (TPSA) is 98.6 Å². The van der Waals surface area contributed by atoms with Crippen molar-refractivity contribution in [1.29, 1.82) is 0 Å². The smallest absolute Gasteiger partial charge is 0.336 e. The van der Waals surface area contributed by atoms with Crippen LogP contribution in [0.3, 0.4) is 0 Å². The molecule has 0 aliphatic heterocycles. The Kier molecular flexibility index (Phi) is 3.65. The Hall–Kier alpha value is -1.59. The number of hydrogen-bond acceptors (Lipinski definition) is 4. The molecule has 0 fully saturated rings. The molecule has 0 aromatic heterocycles. The van der Waals surface area contributed by atoms with Gasteiger partial charge in [-0.1, -0.05) is 6.07 Å². The summed E-state index contributed by atoms with van der Waals surface area (Å²) in [6.45, 7) is 0.201. The van der Waals surface area contributed by atoms with E-state index >= 15 is 0 Å². The molecule has 0 saturated heterocycles. The second-order valence-electron chi connectivity index (χ2n) is 3.10. The van der Waals surface area contributed by atoms with Gasteiger partial charge in [-0.3, -0.25) is 0 Å². The molecule has 5 nitrogen and oxygen atoms in total. The maximum absolute atomic E-state index is 11.0. The molecule has 0 saturated carbocycles. The number of methoxy groups -OCH3 is 1. The molecular formula is C10H14N2O3. The first-order valence-electron chi connectivity index (χ1n) is 4.47. The zero-order valence-corrected chi connectivity index (χ0v) is 8.43. The molecule has 0 spiro atoms. The molecule has 0 heterocycles. The summed E-state index contributed by atoms with van der Waals surface area (Å²) < 4.78 is 4.94. The first kappa shape index (κ1) is 11.5. The highest BCUT2D eigenvalue weighted by Gasteiger charge is 2.15. The molecule has 5 N–H and O–H groups in total. The summed E-state index contributed by atoms with van der Waals surface area (Å²) in [6.07, 6.45) is 0. The van der Waals surface area contributed by atoms with Crippen molar-refractivity contribution in [1.82, 2.24) is 0 Å². The zero-order chi connectivity index (χ0) is 11.4. The van der Waals surface area contributed by atoms with E-state index in [4.69, 9.17) is 21.3 Å². The van der Waals surface area contributed by atoms with E-state index < -0.39 is 12.0 Å². The molecule has 0 amide bonds. The van der Waals surface area contributed by atoms with E-state index in [1.165, 1.54) is 13.2 Å². The molecule has 5 heteroatoms. The number of rotatable bonds is 4. The molecule has 0 bridgehead atoms. The number of carboxylic acids is 1. The van der Waals surface area contributed by atoms with E-state index in [0.717, 1.165) is 0 Å². The molecule has 15 heavy (non-hydrogen) atoms. The van der Waals surface area contributed by atoms with Crippen LogP contribution in [0.15, 0.2) is 18.2 Å². The monoisotopic (exact) mass is 210 g/mol. The minimum atomic E-state index is -1.03. The lowest BCUT2D eigenvalue weighted by atomic mass is 10.0. The number of nitrogens with two attached hydrogens (primary N) is 2. The van der Waals surface area contributed by atoms with Crippen molar-refractivity contribution < 1.29 is 14.6 Å². The highest BCUT2D eigenvalue weighted by atomic mass is 16.5. The van der Waals surface area contributed by atoms with Crippen molar-refractivity contribution in [3.8, 4) is 5.75 Å². The molecule has 1 aromatic carbocycles. The quantitative estimate of drug-likeness (QED) is 0.666. The number of carboxylic acid groups (broad SMARTS) is 1. The molecule has 0 unspecified atom stereocenters. The molecule has 1 atom stereocenters. The second kappa shape index (κ2) is 4.77. The van der Waals surface area contributed by atoms with E-state index in [-0.39, 0.29) is 12.1 Å². The van der Waals surface area contributed by atoms with E-state index in [1.807, 2.05) is 0 Å². The summed E-state index contributed by atoms with van der Waals surface area (Å²) >= 11 is 0. The first-order chi connectivity index (χ1) is 7.10. The third-order valence-electron chi connectivity index (χ3n) is 2.14. The summed E-state index contributed by atoms with van der Waals surface area (Å²) in [4.78, 5) is 11.0. The van der Waals surface area contributed by atoms with Crippen molar-refractivity contribution in [3.63, 3.8) is 0 Å². The van der Waals surface area contributed by atoms with Crippen molar-refractivity contribution in [3.05, 3.63) is 29.3 Å². The maximum atomic E-state index is 11.0. The lowest BCUT2D eigenvalue weighted by Gasteiger charge is -2.13. The SMILES string of the molecule is COc1ccc([C@@H](N)CN)c(C(=O)O)c1. The number of ether oxygens (including phenoxy) is 1. The molecule has 0 aliphatic rings. The number of aromatic carboxylic acids is 1. The predicted molar refractivity (Wildman–Crippen MR) is 55.9 cm³/mol. The fourth-order valence-electron chi connectivity index (χ4n) is 1.30. The molecular weight excluding hydrogens is 196 g/mol. The van der Waals surface area contributed by atoms with E-state index in [9.17, 15) is 4.79 Å². The third-order valence-corrected chi connectivity index (χ3v) is 2.14. The summed E-state index contributed by atoms with van der Waals surface area (Å²) in [5.74, 6) is -0.548. The van der Waals surface area contributed by atoms with Gasteiger partial charge >= 0.3 is 5.97 Å². The molecule has 1 rings (SSSR count). The Labute approximate surface area is 87.6 Å². The van der Waals surface area contributed by atoms with Gasteiger partial charge in [0.15, 0.2) is 0 Å². The Bertz CT molecular complexity index is 366. The van der Waals surface area contributed by atoms with Crippen LogP contribution in [-0.4, -0.2) is 24.7 Å². The summed E-state index contributed by atoms with van der Waals surface area (Å²) in [6, 6.07) is 4.26. The van der Waals surface area contributed by atoms with Crippen LogP contribution in [0.5, 0.6) is 5.75 Å². The van der Waals surface area contributed by atoms with Gasteiger partial charge < -0.3 is 21.3 Å². The van der Waals surface area contributed by atoms with Gasteiger partial charge in [0.25, 0.3) is 0 Å². The minimum absolute atomic E-state index is 0.132. The van der Waals surface area contributed by atoms with Crippen LogP contribution in [0.4, 0.5) is 0 Å². The van der Waals surface area contributed by atoms with Crippen molar-refractivity contribution in [2.45, 2.75) is 6.04 Å². The first-order valence-corrected chi connectivity index (χ1v) is 4.47. The fourth-order valence-corrected chi connectivity index (χ4v) is 1.30. The molecule has 82 valence electrons. The van der Waals surface area contributed by atoms with Crippen molar-refractivity contribution in [2.24, 2.45) is 11.5 Å². The lowest BCUT2D eigenvalue weighted by molar-refractivity contribution is 0.0694. The summed E-state index contributed by atoms with van der Waals surface area (Å²) in [5, 5.41) is 8.98. The van der Waals surface area contributed by atoms with E-state index in [0.29, 0.717) is 11.3 Å². The summed E-state index contributed by atoms with van der Waals surface area (Å²) in [7, 11) is 1.48. The van der Waals surface area contributed by atoms with E-state index in [2.05, 4.69) is 0 Å².